The lowest BCUT2D eigenvalue weighted by Gasteiger charge is -2.32. The highest BCUT2D eigenvalue weighted by Gasteiger charge is 2.50. The molecule has 1 aromatic carbocycles. The zero-order valence-electron chi connectivity index (χ0n) is 15.5. The van der Waals surface area contributed by atoms with Crippen LogP contribution in [0.4, 0.5) is 22.0 Å². The van der Waals surface area contributed by atoms with Crippen molar-refractivity contribution in [3.8, 4) is 0 Å². The summed E-state index contributed by atoms with van der Waals surface area (Å²) >= 11 is 0. The third-order valence-electron chi connectivity index (χ3n) is 5.13. The lowest BCUT2D eigenvalue weighted by Crippen LogP contribution is -2.52. The Labute approximate surface area is 165 Å². The lowest BCUT2D eigenvalue weighted by atomic mass is 10.1. The fourth-order valence-corrected chi connectivity index (χ4v) is 4.45. The first-order valence-corrected chi connectivity index (χ1v) is 10.5. The monoisotopic (exact) mass is 440 g/mol. The molecule has 6 nitrogen and oxygen atoms in total. The van der Waals surface area contributed by atoms with E-state index in [2.05, 4.69) is 15.6 Å². The number of benzene rings is 1. The van der Waals surface area contributed by atoms with Crippen molar-refractivity contribution >= 4 is 16.0 Å². The molecule has 3 rings (SSSR count). The normalized spacial score (nSPS) is 24.4. The smallest absolute Gasteiger partial charge is 0.354 e. The van der Waals surface area contributed by atoms with Crippen LogP contribution in [0, 0.1) is 11.6 Å². The number of hydrogen-bond donors (Lipinski definition) is 2. The van der Waals surface area contributed by atoms with Crippen molar-refractivity contribution in [2.75, 3.05) is 20.1 Å². The molecule has 0 amide bonds. The quantitative estimate of drug-likeness (QED) is 0.428. The summed E-state index contributed by atoms with van der Waals surface area (Å²) in [5.74, 6) is -1.21. The van der Waals surface area contributed by atoms with E-state index < -0.39 is 27.2 Å². The highest BCUT2D eigenvalue weighted by atomic mass is 32.2. The molecule has 1 heterocycles. The van der Waals surface area contributed by atoms with Crippen LogP contribution in [0.5, 0.6) is 0 Å². The van der Waals surface area contributed by atoms with Gasteiger partial charge in [0.1, 0.15) is 11.6 Å². The standard InChI is InChI=1S/C17H21F5N4O2S/c1-23-16(25-14-9-11(14)15-12(18)3-2-4-13(15)19)24-10-5-7-26(8-6-10)29(27,28)17(20,21)22/h2-4,10-11,14H,5-9H2,1H3,(H2,23,24,25). The van der Waals surface area contributed by atoms with Gasteiger partial charge >= 0.3 is 15.5 Å². The molecule has 2 fully saturated rings. The number of nitrogens with zero attached hydrogens (tertiary/aromatic N) is 2. The van der Waals surface area contributed by atoms with Crippen LogP contribution in [-0.2, 0) is 10.0 Å². The minimum atomic E-state index is -5.32. The van der Waals surface area contributed by atoms with Crippen molar-refractivity contribution in [2.45, 2.75) is 42.8 Å². The van der Waals surface area contributed by atoms with Gasteiger partial charge in [-0.1, -0.05) is 6.07 Å². The SMILES string of the molecule is CN=C(NC1CCN(S(=O)(=O)C(F)(F)F)CC1)NC1CC1c1c(F)cccc1F. The van der Waals surface area contributed by atoms with Crippen LogP contribution in [0.15, 0.2) is 23.2 Å². The van der Waals surface area contributed by atoms with E-state index in [4.69, 9.17) is 0 Å². The second kappa shape index (κ2) is 8.05. The van der Waals surface area contributed by atoms with Crippen LogP contribution in [0.25, 0.3) is 0 Å². The second-order valence-corrected chi connectivity index (χ2v) is 9.00. The highest BCUT2D eigenvalue weighted by molar-refractivity contribution is 7.90. The van der Waals surface area contributed by atoms with Crippen molar-refractivity contribution in [1.82, 2.24) is 14.9 Å². The average Bonchev–Trinajstić information content (AvgIpc) is 3.39. The van der Waals surface area contributed by atoms with E-state index >= 15 is 0 Å². The average molecular weight is 440 g/mol. The molecule has 2 N–H and O–H groups in total. The summed E-state index contributed by atoms with van der Waals surface area (Å²) in [6.07, 6.45) is 0.860. The maximum Gasteiger partial charge on any atom is 0.511 e. The first kappa shape index (κ1) is 21.8. The molecule has 0 bridgehead atoms. The van der Waals surface area contributed by atoms with Crippen LogP contribution >= 0.6 is 0 Å². The Morgan fingerprint density at radius 1 is 1.14 bits per heavy atom. The Morgan fingerprint density at radius 2 is 1.72 bits per heavy atom. The molecule has 1 aliphatic heterocycles. The number of aliphatic imine (C=N–C) groups is 1. The second-order valence-electron chi connectivity index (χ2n) is 7.07. The van der Waals surface area contributed by atoms with E-state index in [-0.39, 0.29) is 49.5 Å². The van der Waals surface area contributed by atoms with Gasteiger partial charge in [-0.05, 0) is 31.4 Å². The van der Waals surface area contributed by atoms with Crippen molar-refractivity contribution in [2.24, 2.45) is 4.99 Å². The van der Waals surface area contributed by atoms with Crippen LogP contribution in [0.2, 0.25) is 0 Å². The molecule has 0 aromatic heterocycles. The van der Waals surface area contributed by atoms with E-state index in [9.17, 15) is 30.4 Å². The molecular formula is C17H21F5N4O2S. The van der Waals surface area contributed by atoms with Gasteiger partial charge in [-0.15, -0.1) is 0 Å². The van der Waals surface area contributed by atoms with Crippen molar-refractivity contribution in [1.29, 1.82) is 0 Å². The van der Waals surface area contributed by atoms with Crippen molar-refractivity contribution < 1.29 is 30.4 Å². The summed E-state index contributed by atoms with van der Waals surface area (Å²) in [4.78, 5) is 4.04. The van der Waals surface area contributed by atoms with Gasteiger partial charge in [0.05, 0.1) is 0 Å². The molecule has 1 aliphatic carbocycles. The summed E-state index contributed by atoms with van der Waals surface area (Å²) in [7, 11) is -3.82. The highest BCUT2D eigenvalue weighted by Crippen LogP contribution is 2.43. The summed E-state index contributed by atoms with van der Waals surface area (Å²) < 4.78 is 89.0. The Morgan fingerprint density at radius 3 is 2.24 bits per heavy atom. The third-order valence-corrected chi connectivity index (χ3v) is 6.76. The van der Waals surface area contributed by atoms with Gasteiger partial charge in [-0.2, -0.15) is 17.5 Å². The van der Waals surface area contributed by atoms with E-state index in [1.165, 1.54) is 25.2 Å². The minimum absolute atomic E-state index is 0.0196. The van der Waals surface area contributed by atoms with Crippen molar-refractivity contribution in [3.63, 3.8) is 0 Å². The number of piperidine rings is 1. The lowest BCUT2D eigenvalue weighted by molar-refractivity contribution is -0.0494. The summed E-state index contributed by atoms with van der Waals surface area (Å²) in [5, 5.41) is 6.09. The van der Waals surface area contributed by atoms with Crippen LogP contribution in [0.1, 0.15) is 30.7 Å². The Balaban J connectivity index is 1.53. The molecule has 12 heteroatoms. The molecule has 1 saturated heterocycles. The first-order chi connectivity index (χ1) is 13.5. The number of rotatable bonds is 4. The fraction of sp³-hybridized carbons (Fsp3) is 0.588. The van der Waals surface area contributed by atoms with Gasteiger partial charge in [-0.3, -0.25) is 4.99 Å². The molecule has 1 saturated carbocycles. The predicted molar refractivity (Wildman–Crippen MR) is 96.7 cm³/mol. The van der Waals surface area contributed by atoms with E-state index in [1.807, 2.05) is 0 Å². The zero-order valence-corrected chi connectivity index (χ0v) is 16.3. The van der Waals surface area contributed by atoms with E-state index in [1.54, 1.807) is 0 Å². The topological polar surface area (TPSA) is 73.8 Å². The molecular weight excluding hydrogens is 419 g/mol. The minimum Gasteiger partial charge on any atom is -0.354 e. The number of nitrogens with one attached hydrogen (secondary N) is 2. The number of hydrogen-bond acceptors (Lipinski definition) is 3. The molecule has 162 valence electrons. The number of alkyl halides is 3. The van der Waals surface area contributed by atoms with Gasteiger partial charge in [0, 0.05) is 43.7 Å². The molecule has 29 heavy (non-hydrogen) atoms. The summed E-state index contributed by atoms with van der Waals surface area (Å²) in [6.45, 7) is -0.522. The fourth-order valence-electron chi connectivity index (χ4n) is 3.47. The number of halogens is 5. The number of sulfonamides is 1. The summed E-state index contributed by atoms with van der Waals surface area (Å²) in [5.41, 5.74) is -5.29. The molecule has 2 atom stereocenters. The largest absolute Gasteiger partial charge is 0.511 e. The molecule has 0 spiro atoms. The maximum absolute atomic E-state index is 13.9. The van der Waals surface area contributed by atoms with Gasteiger partial charge in [0.15, 0.2) is 5.96 Å². The molecule has 0 radical (unpaired) electrons. The Kier molecular flexibility index (Phi) is 6.04. The van der Waals surface area contributed by atoms with E-state index in [0.29, 0.717) is 16.7 Å². The Hall–Kier alpha value is -1.95. The molecule has 2 aliphatic rings. The van der Waals surface area contributed by atoms with Crippen LogP contribution in [-0.4, -0.2) is 56.4 Å². The zero-order chi connectivity index (χ0) is 21.4. The van der Waals surface area contributed by atoms with Gasteiger partial charge in [-0.25, -0.2) is 17.2 Å². The first-order valence-electron chi connectivity index (χ1n) is 9.04. The third kappa shape index (κ3) is 4.63. The van der Waals surface area contributed by atoms with Gasteiger partial charge in [0.25, 0.3) is 0 Å². The molecule has 2 unspecified atom stereocenters. The Bertz CT molecular complexity index is 862. The predicted octanol–water partition coefficient (Wildman–Crippen LogP) is 2.30. The van der Waals surface area contributed by atoms with Crippen LogP contribution in [0.3, 0.4) is 0 Å². The summed E-state index contributed by atoms with van der Waals surface area (Å²) in [6, 6.07) is 3.19. The van der Waals surface area contributed by atoms with E-state index in [0.717, 1.165) is 0 Å². The number of guanidine groups is 1. The van der Waals surface area contributed by atoms with Crippen molar-refractivity contribution in [3.05, 3.63) is 35.4 Å². The maximum atomic E-state index is 13.9. The van der Waals surface area contributed by atoms with Gasteiger partial charge < -0.3 is 10.6 Å². The van der Waals surface area contributed by atoms with Crippen LogP contribution < -0.4 is 10.6 Å². The van der Waals surface area contributed by atoms with Gasteiger partial charge in [0.2, 0.25) is 0 Å². The molecule has 1 aromatic rings.